The lowest BCUT2D eigenvalue weighted by molar-refractivity contribution is 0.102. The minimum absolute atomic E-state index is 0.165. The van der Waals surface area contributed by atoms with Crippen LogP contribution in [0.2, 0.25) is 5.02 Å². The standard InChI is InChI=1S/C14H14BrClN2O2/c1-3-6-18-13(11(15)8-17-18)14(19)10-7-9(16)4-5-12(10)20-2/h4-5,7-8H,3,6H2,1-2H3. The first kappa shape index (κ1) is 15.1. The number of aryl methyl sites for hydroxylation is 1. The molecule has 0 aliphatic carbocycles. The highest BCUT2D eigenvalue weighted by atomic mass is 79.9. The minimum Gasteiger partial charge on any atom is -0.496 e. The SMILES string of the molecule is CCCn1ncc(Br)c1C(=O)c1cc(Cl)ccc1OC. The van der Waals surface area contributed by atoms with E-state index in [0.29, 0.717) is 33.0 Å². The zero-order chi connectivity index (χ0) is 14.7. The van der Waals surface area contributed by atoms with Crippen molar-refractivity contribution >= 4 is 33.3 Å². The number of benzene rings is 1. The molecule has 0 atom stereocenters. The average Bonchev–Trinajstić information content (AvgIpc) is 2.79. The van der Waals surface area contributed by atoms with Crippen LogP contribution < -0.4 is 4.74 Å². The molecule has 0 saturated carbocycles. The van der Waals surface area contributed by atoms with Gasteiger partial charge in [0.1, 0.15) is 11.4 Å². The van der Waals surface area contributed by atoms with Crippen LogP contribution in [0.4, 0.5) is 0 Å². The molecule has 2 aromatic rings. The number of nitrogens with zero attached hydrogens (tertiary/aromatic N) is 2. The molecule has 0 saturated heterocycles. The summed E-state index contributed by atoms with van der Waals surface area (Å²) in [5, 5.41) is 4.70. The Morgan fingerprint density at radius 2 is 2.25 bits per heavy atom. The Morgan fingerprint density at radius 1 is 1.50 bits per heavy atom. The van der Waals surface area contributed by atoms with Crippen molar-refractivity contribution in [2.75, 3.05) is 7.11 Å². The van der Waals surface area contributed by atoms with Gasteiger partial charge in [0.05, 0.1) is 23.3 Å². The highest BCUT2D eigenvalue weighted by Crippen LogP contribution is 2.28. The largest absolute Gasteiger partial charge is 0.496 e. The summed E-state index contributed by atoms with van der Waals surface area (Å²) in [5.74, 6) is 0.331. The van der Waals surface area contributed by atoms with E-state index in [4.69, 9.17) is 16.3 Å². The maximum atomic E-state index is 12.7. The van der Waals surface area contributed by atoms with Crippen molar-refractivity contribution in [3.8, 4) is 5.75 Å². The predicted octanol–water partition coefficient (Wildman–Crippen LogP) is 3.95. The molecule has 0 amide bonds. The van der Waals surface area contributed by atoms with E-state index >= 15 is 0 Å². The topological polar surface area (TPSA) is 44.1 Å². The summed E-state index contributed by atoms with van der Waals surface area (Å²) in [6.45, 7) is 2.71. The minimum atomic E-state index is -0.165. The number of hydrogen-bond donors (Lipinski definition) is 0. The Kier molecular flexibility index (Phi) is 4.83. The van der Waals surface area contributed by atoms with Crippen molar-refractivity contribution in [2.24, 2.45) is 0 Å². The van der Waals surface area contributed by atoms with Crippen LogP contribution in [0.5, 0.6) is 5.75 Å². The van der Waals surface area contributed by atoms with E-state index in [-0.39, 0.29) is 5.78 Å². The van der Waals surface area contributed by atoms with Crippen LogP contribution >= 0.6 is 27.5 Å². The van der Waals surface area contributed by atoms with Gasteiger partial charge >= 0.3 is 0 Å². The molecule has 20 heavy (non-hydrogen) atoms. The molecule has 0 aliphatic rings. The molecular formula is C14H14BrClN2O2. The normalized spacial score (nSPS) is 10.6. The van der Waals surface area contributed by atoms with Gasteiger partial charge in [-0.1, -0.05) is 18.5 Å². The Morgan fingerprint density at radius 3 is 2.90 bits per heavy atom. The second kappa shape index (κ2) is 6.41. The molecule has 0 radical (unpaired) electrons. The van der Waals surface area contributed by atoms with Crippen LogP contribution in [-0.2, 0) is 6.54 Å². The second-order valence-electron chi connectivity index (χ2n) is 4.24. The maximum Gasteiger partial charge on any atom is 0.215 e. The van der Waals surface area contributed by atoms with Crippen molar-refractivity contribution in [3.05, 3.63) is 45.1 Å². The van der Waals surface area contributed by atoms with Gasteiger partial charge in [0.25, 0.3) is 0 Å². The monoisotopic (exact) mass is 356 g/mol. The number of ether oxygens (including phenoxy) is 1. The lowest BCUT2D eigenvalue weighted by atomic mass is 10.1. The molecule has 1 aromatic heterocycles. The number of hydrogen-bond acceptors (Lipinski definition) is 3. The van der Waals surface area contributed by atoms with Crippen molar-refractivity contribution in [2.45, 2.75) is 19.9 Å². The van der Waals surface area contributed by atoms with Gasteiger partial charge in [-0.15, -0.1) is 0 Å². The second-order valence-corrected chi connectivity index (χ2v) is 5.53. The number of carbonyl (C=O) groups excluding carboxylic acids is 1. The maximum absolute atomic E-state index is 12.7. The zero-order valence-electron chi connectivity index (χ0n) is 11.2. The summed E-state index contributed by atoms with van der Waals surface area (Å²) in [4.78, 5) is 12.7. The van der Waals surface area contributed by atoms with Crippen molar-refractivity contribution < 1.29 is 9.53 Å². The summed E-state index contributed by atoms with van der Waals surface area (Å²) in [6, 6.07) is 4.98. The molecule has 0 spiro atoms. The molecule has 6 heteroatoms. The van der Waals surface area contributed by atoms with E-state index in [1.54, 1.807) is 29.1 Å². The van der Waals surface area contributed by atoms with Gasteiger partial charge in [0.2, 0.25) is 5.78 Å². The lowest BCUT2D eigenvalue weighted by Crippen LogP contribution is -2.13. The van der Waals surface area contributed by atoms with E-state index in [1.807, 2.05) is 6.92 Å². The van der Waals surface area contributed by atoms with E-state index in [9.17, 15) is 4.79 Å². The van der Waals surface area contributed by atoms with Crippen LogP contribution in [0.3, 0.4) is 0 Å². The summed E-state index contributed by atoms with van der Waals surface area (Å²) >= 11 is 9.35. The van der Waals surface area contributed by atoms with E-state index < -0.39 is 0 Å². The van der Waals surface area contributed by atoms with Gasteiger partial charge in [0, 0.05) is 11.6 Å². The van der Waals surface area contributed by atoms with Crippen molar-refractivity contribution in [1.82, 2.24) is 9.78 Å². The summed E-state index contributed by atoms with van der Waals surface area (Å²) in [6.07, 6.45) is 2.51. The molecule has 0 bridgehead atoms. The number of aromatic nitrogens is 2. The van der Waals surface area contributed by atoms with E-state index in [2.05, 4.69) is 21.0 Å². The Hall–Kier alpha value is -1.33. The Labute approximate surface area is 130 Å². The third-order valence-corrected chi connectivity index (χ3v) is 3.67. The third-order valence-electron chi connectivity index (χ3n) is 2.85. The number of ketones is 1. The smallest absolute Gasteiger partial charge is 0.215 e. The molecule has 1 aromatic carbocycles. The zero-order valence-corrected chi connectivity index (χ0v) is 13.5. The number of methoxy groups -OCH3 is 1. The van der Waals surface area contributed by atoms with Gasteiger partial charge in [0.15, 0.2) is 0 Å². The number of carbonyl (C=O) groups is 1. The van der Waals surface area contributed by atoms with Gasteiger partial charge in [-0.05, 0) is 40.5 Å². The summed E-state index contributed by atoms with van der Waals surface area (Å²) < 4.78 is 7.59. The summed E-state index contributed by atoms with van der Waals surface area (Å²) in [7, 11) is 1.53. The van der Waals surface area contributed by atoms with Gasteiger partial charge in [-0.3, -0.25) is 9.48 Å². The molecule has 2 rings (SSSR count). The molecule has 0 unspecified atom stereocenters. The van der Waals surface area contributed by atoms with Gasteiger partial charge in [-0.25, -0.2) is 0 Å². The fourth-order valence-corrected chi connectivity index (χ4v) is 2.60. The molecular weight excluding hydrogens is 344 g/mol. The predicted molar refractivity (Wildman–Crippen MR) is 81.7 cm³/mol. The first-order valence-electron chi connectivity index (χ1n) is 6.18. The van der Waals surface area contributed by atoms with Crippen LogP contribution in [0.1, 0.15) is 29.4 Å². The molecule has 106 valence electrons. The average molecular weight is 358 g/mol. The Bertz CT molecular complexity index is 640. The van der Waals surface area contributed by atoms with E-state index in [1.165, 1.54) is 7.11 Å². The lowest BCUT2D eigenvalue weighted by Gasteiger charge is -2.10. The van der Waals surface area contributed by atoms with Crippen LogP contribution in [0, 0.1) is 0 Å². The van der Waals surface area contributed by atoms with E-state index in [0.717, 1.165) is 6.42 Å². The van der Waals surface area contributed by atoms with Crippen LogP contribution in [0.25, 0.3) is 0 Å². The van der Waals surface area contributed by atoms with Gasteiger partial charge in [-0.2, -0.15) is 5.10 Å². The number of rotatable bonds is 5. The quantitative estimate of drug-likeness (QED) is 0.761. The third kappa shape index (κ3) is 2.88. The Balaban J connectivity index is 2.51. The molecule has 0 N–H and O–H groups in total. The summed E-state index contributed by atoms with van der Waals surface area (Å²) in [5.41, 5.74) is 0.936. The van der Waals surface area contributed by atoms with Crippen LogP contribution in [0.15, 0.2) is 28.9 Å². The fourth-order valence-electron chi connectivity index (χ4n) is 1.95. The van der Waals surface area contributed by atoms with Crippen LogP contribution in [-0.4, -0.2) is 22.7 Å². The number of halogens is 2. The van der Waals surface area contributed by atoms with Gasteiger partial charge < -0.3 is 4.74 Å². The molecule has 0 aliphatic heterocycles. The first-order chi connectivity index (χ1) is 9.58. The van der Waals surface area contributed by atoms with Crippen molar-refractivity contribution in [3.63, 3.8) is 0 Å². The molecule has 4 nitrogen and oxygen atoms in total. The van der Waals surface area contributed by atoms with Crippen molar-refractivity contribution in [1.29, 1.82) is 0 Å². The fraction of sp³-hybridized carbons (Fsp3) is 0.286. The molecule has 1 heterocycles. The molecule has 0 fully saturated rings. The highest BCUT2D eigenvalue weighted by Gasteiger charge is 2.22. The highest BCUT2D eigenvalue weighted by molar-refractivity contribution is 9.10. The first-order valence-corrected chi connectivity index (χ1v) is 7.35.